The first-order valence-corrected chi connectivity index (χ1v) is 8.32. The van der Waals surface area contributed by atoms with Crippen LogP contribution in [0.3, 0.4) is 0 Å². The number of alkyl halides is 1. The first-order chi connectivity index (χ1) is 8.70. The van der Waals surface area contributed by atoms with E-state index < -0.39 is 0 Å². The van der Waals surface area contributed by atoms with Crippen molar-refractivity contribution in [2.75, 3.05) is 11.9 Å². The highest BCUT2D eigenvalue weighted by molar-refractivity contribution is 9.09. The van der Waals surface area contributed by atoms with Gasteiger partial charge in [0.15, 0.2) is 0 Å². The maximum Gasteiger partial charge on any atom is 0.0595 e. The fourth-order valence-electron chi connectivity index (χ4n) is 2.49. The number of halogens is 3. The molecule has 0 spiro atoms. The second-order valence-electron chi connectivity index (χ2n) is 4.88. The van der Waals surface area contributed by atoms with Crippen LogP contribution < -0.4 is 0 Å². The third kappa shape index (κ3) is 3.86. The van der Waals surface area contributed by atoms with Crippen LogP contribution >= 0.6 is 39.1 Å². The highest BCUT2D eigenvalue weighted by Gasteiger charge is 2.20. The quantitative estimate of drug-likeness (QED) is 0.683. The van der Waals surface area contributed by atoms with Gasteiger partial charge in [-0.1, -0.05) is 58.0 Å². The number of rotatable bonds is 3. The zero-order valence-corrected chi connectivity index (χ0v) is 13.4. The highest BCUT2D eigenvalue weighted by atomic mass is 79.9. The molecule has 0 N–H and O–H groups in total. The van der Waals surface area contributed by atoms with Crippen molar-refractivity contribution in [3.05, 3.63) is 33.8 Å². The molecule has 1 nitrogen and oxygen atoms in total. The van der Waals surface area contributed by atoms with Crippen LogP contribution in [-0.2, 0) is 6.54 Å². The van der Waals surface area contributed by atoms with Gasteiger partial charge in [0.1, 0.15) is 0 Å². The average Bonchev–Trinajstić information content (AvgIpc) is 2.59. The van der Waals surface area contributed by atoms with Gasteiger partial charge < -0.3 is 0 Å². The maximum absolute atomic E-state index is 6.07. The van der Waals surface area contributed by atoms with Crippen LogP contribution in [0.15, 0.2) is 18.2 Å². The average molecular weight is 351 g/mol. The molecule has 1 fully saturated rings. The predicted molar refractivity (Wildman–Crippen MR) is 82.9 cm³/mol. The molecule has 0 radical (unpaired) electrons. The molecule has 1 heterocycles. The SMILES string of the molecule is Clc1ccc(CN2CCCCCC2CBr)cc1Cl. The molecule has 1 aromatic carbocycles. The van der Waals surface area contributed by atoms with E-state index in [-0.39, 0.29) is 0 Å². The van der Waals surface area contributed by atoms with Crippen LogP contribution in [0.4, 0.5) is 0 Å². The van der Waals surface area contributed by atoms with Crippen LogP contribution in [0.2, 0.25) is 10.0 Å². The second-order valence-corrected chi connectivity index (χ2v) is 6.34. The zero-order valence-electron chi connectivity index (χ0n) is 10.3. The largest absolute Gasteiger partial charge is 0.295 e. The molecule has 18 heavy (non-hydrogen) atoms. The minimum atomic E-state index is 0.633. The van der Waals surface area contributed by atoms with Gasteiger partial charge in [0.05, 0.1) is 10.0 Å². The van der Waals surface area contributed by atoms with Crippen molar-refractivity contribution in [1.29, 1.82) is 0 Å². The van der Waals surface area contributed by atoms with E-state index in [1.807, 2.05) is 12.1 Å². The summed E-state index contributed by atoms with van der Waals surface area (Å²) in [5.41, 5.74) is 1.25. The lowest BCUT2D eigenvalue weighted by atomic mass is 10.1. The number of benzene rings is 1. The summed E-state index contributed by atoms with van der Waals surface area (Å²) in [5.74, 6) is 0. The van der Waals surface area contributed by atoms with Crippen molar-refractivity contribution < 1.29 is 0 Å². The molecule has 1 saturated heterocycles. The number of likely N-dealkylation sites (tertiary alicyclic amines) is 1. The molecular weight excluding hydrogens is 333 g/mol. The van der Waals surface area contributed by atoms with Crippen molar-refractivity contribution in [2.45, 2.75) is 38.3 Å². The Labute approximate surface area is 128 Å². The van der Waals surface area contributed by atoms with Gasteiger partial charge in [0, 0.05) is 17.9 Å². The van der Waals surface area contributed by atoms with Crippen LogP contribution in [-0.4, -0.2) is 22.8 Å². The van der Waals surface area contributed by atoms with Gasteiger partial charge in [-0.25, -0.2) is 0 Å². The van der Waals surface area contributed by atoms with Gasteiger partial charge in [-0.3, -0.25) is 4.90 Å². The van der Waals surface area contributed by atoms with Gasteiger partial charge in [0.2, 0.25) is 0 Å². The lowest BCUT2D eigenvalue weighted by molar-refractivity contribution is 0.209. The normalized spacial score (nSPS) is 21.8. The van der Waals surface area contributed by atoms with Gasteiger partial charge in [-0.05, 0) is 37.1 Å². The summed E-state index contributed by atoms with van der Waals surface area (Å²) in [6.45, 7) is 2.14. The molecule has 1 unspecified atom stereocenters. The Hall–Kier alpha value is 0.240. The third-order valence-corrected chi connectivity index (χ3v) is 5.03. The molecule has 0 aromatic heterocycles. The minimum absolute atomic E-state index is 0.633. The van der Waals surface area contributed by atoms with Gasteiger partial charge in [-0.2, -0.15) is 0 Å². The van der Waals surface area contributed by atoms with E-state index in [1.165, 1.54) is 37.8 Å². The van der Waals surface area contributed by atoms with E-state index in [0.29, 0.717) is 16.1 Å². The van der Waals surface area contributed by atoms with Gasteiger partial charge in [0.25, 0.3) is 0 Å². The predicted octanol–water partition coefficient (Wildman–Crippen LogP) is 5.13. The van der Waals surface area contributed by atoms with E-state index in [1.54, 1.807) is 0 Å². The van der Waals surface area contributed by atoms with Crippen molar-refractivity contribution >= 4 is 39.1 Å². The lowest BCUT2D eigenvalue weighted by Crippen LogP contribution is -2.35. The number of hydrogen-bond acceptors (Lipinski definition) is 1. The third-order valence-electron chi connectivity index (χ3n) is 3.55. The minimum Gasteiger partial charge on any atom is -0.295 e. The maximum atomic E-state index is 6.07. The highest BCUT2D eigenvalue weighted by Crippen LogP contribution is 2.25. The van der Waals surface area contributed by atoms with E-state index in [4.69, 9.17) is 23.2 Å². The molecule has 1 aliphatic heterocycles. The van der Waals surface area contributed by atoms with Crippen molar-refractivity contribution in [3.8, 4) is 0 Å². The Morgan fingerprint density at radius 1 is 1.17 bits per heavy atom. The zero-order chi connectivity index (χ0) is 13.0. The topological polar surface area (TPSA) is 3.24 Å². The monoisotopic (exact) mass is 349 g/mol. The Morgan fingerprint density at radius 2 is 2.00 bits per heavy atom. The number of hydrogen-bond donors (Lipinski definition) is 0. The molecule has 0 amide bonds. The first kappa shape index (κ1) is 14.6. The first-order valence-electron chi connectivity index (χ1n) is 6.44. The Bertz CT molecular complexity index is 397. The van der Waals surface area contributed by atoms with E-state index in [0.717, 1.165) is 11.9 Å². The van der Waals surface area contributed by atoms with E-state index in [9.17, 15) is 0 Å². The summed E-state index contributed by atoms with van der Waals surface area (Å²) < 4.78 is 0. The molecule has 1 aliphatic rings. The van der Waals surface area contributed by atoms with Crippen LogP contribution in [0.5, 0.6) is 0 Å². The van der Waals surface area contributed by atoms with E-state index >= 15 is 0 Å². The summed E-state index contributed by atoms with van der Waals surface area (Å²) in [5, 5.41) is 2.33. The Morgan fingerprint density at radius 3 is 2.72 bits per heavy atom. The second kappa shape index (κ2) is 7.14. The Kier molecular flexibility index (Phi) is 5.81. The molecule has 100 valence electrons. The molecule has 2 rings (SSSR count). The van der Waals surface area contributed by atoms with Gasteiger partial charge >= 0.3 is 0 Å². The Balaban J connectivity index is 2.07. The summed E-state index contributed by atoms with van der Waals surface area (Å²) in [4.78, 5) is 2.56. The molecule has 1 aromatic rings. The van der Waals surface area contributed by atoms with Crippen molar-refractivity contribution in [1.82, 2.24) is 4.90 Å². The smallest absolute Gasteiger partial charge is 0.0595 e. The lowest BCUT2D eigenvalue weighted by Gasteiger charge is -2.28. The summed E-state index contributed by atoms with van der Waals surface area (Å²) in [6, 6.07) is 6.59. The summed E-state index contributed by atoms with van der Waals surface area (Å²) in [6.07, 6.45) is 5.27. The van der Waals surface area contributed by atoms with Crippen molar-refractivity contribution in [3.63, 3.8) is 0 Å². The molecular formula is C14H18BrCl2N. The number of nitrogens with zero attached hydrogens (tertiary/aromatic N) is 1. The van der Waals surface area contributed by atoms with Gasteiger partial charge in [-0.15, -0.1) is 0 Å². The standard InChI is InChI=1S/C14H18BrCl2N/c15-9-12-4-2-1-3-7-18(12)10-11-5-6-13(16)14(17)8-11/h5-6,8,12H,1-4,7,9-10H2. The van der Waals surface area contributed by atoms with Crippen LogP contribution in [0.1, 0.15) is 31.2 Å². The molecule has 4 heteroatoms. The van der Waals surface area contributed by atoms with Crippen LogP contribution in [0.25, 0.3) is 0 Å². The fraction of sp³-hybridized carbons (Fsp3) is 0.571. The summed E-state index contributed by atoms with van der Waals surface area (Å²) in [7, 11) is 0. The molecule has 0 bridgehead atoms. The molecule has 0 aliphatic carbocycles. The van der Waals surface area contributed by atoms with E-state index in [2.05, 4.69) is 26.9 Å². The fourth-order valence-corrected chi connectivity index (χ4v) is 3.55. The molecule has 0 saturated carbocycles. The van der Waals surface area contributed by atoms with Crippen LogP contribution in [0, 0.1) is 0 Å². The molecule has 1 atom stereocenters. The summed E-state index contributed by atoms with van der Waals surface area (Å²) >= 11 is 15.7. The van der Waals surface area contributed by atoms with Crippen molar-refractivity contribution in [2.24, 2.45) is 0 Å².